The Balaban J connectivity index is 1.11. The zero-order valence-corrected chi connectivity index (χ0v) is 28.2. The van der Waals surface area contributed by atoms with Gasteiger partial charge in [-0.25, -0.2) is 9.37 Å². The number of amides is 1. The fourth-order valence-corrected chi connectivity index (χ4v) is 9.38. The fourth-order valence-electron chi connectivity index (χ4n) is 7.81. The Kier molecular flexibility index (Phi) is 7.38. The average Bonchev–Trinajstić information content (AvgIpc) is 3.50. The molecular formula is C37H40FN5O3S. The highest BCUT2D eigenvalue weighted by molar-refractivity contribution is 7.14. The second-order valence-electron chi connectivity index (χ2n) is 14.3. The Morgan fingerprint density at radius 3 is 2.66 bits per heavy atom. The van der Waals surface area contributed by atoms with Crippen molar-refractivity contribution >= 4 is 34.4 Å². The van der Waals surface area contributed by atoms with Crippen molar-refractivity contribution < 1.29 is 13.9 Å². The number of aryl methyl sites for hydroxylation is 1. The summed E-state index contributed by atoms with van der Waals surface area (Å²) in [6.07, 6.45) is 5.91. The van der Waals surface area contributed by atoms with Crippen molar-refractivity contribution in [3.8, 4) is 11.3 Å². The number of ether oxygens (including phenoxy) is 1. The lowest BCUT2D eigenvalue weighted by atomic mass is 9.89. The zero-order valence-electron chi connectivity index (χ0n) is 27.4. The SMILES string of the molecule is CCc1c(-c2cn(C)c(=O)c(Nc3ccc4c(c3)CCN(C3COC3)C4)n2)cc(F)cc1N1CCc2c(sc3c2CC(C)(C)C3)C1=O. The van der Waals surface area contributed by atoms with Crippen molar-refractivity contribution in [2.45, 2.75) is 65.5 Å². The average molecular weight is 654 g/mol. The van der Waals surface area contributed by atoms with E-state index in [9.17, 15) is 9.59 Å². The number of hydrogen-bond acceptors (Lipinski definition) is 7. The second-order valence-corrected chi connectivity index (χ2v) is 15.4. The number of carbonyl (C=O) groups is 1. The number of anilines is 3. The molecule has 47 heavy (non-hydrogen) atoms. The second kappa shape index (κ2) is 11.4. The number of halogens is 1. The van der Waals surface area contributed by atoms with E-state index in [1.54, 1.807) is 29.5 Å². The van der Waals surface area contributed by atoms with Crippen LogP contribution >= 0.6 is 11.3 Å². The molecule has 0 bridgehead atoms. The van der Waals surface area contributed by atoms with E-state index in [0.29, 0.717) is 36.0 Å². The highest BCUT2D eigenvalue weighted by Crippen LogP contribution is 2.46. The number of rotatable bonds is 6. The Morgan fingerprint density at radius 2 is 1.89 bits per heavy atom. The summed E-state index contributed by atoms with van der Waals surface area (Å²) in [5, 5.41) is 3.27. The van der Waals surface area contributed by atoms with Crippen molar-refractivity contribution in [3.05, 3.63) is 90.3 Å². The predicted octanol–water partition coefficient (Wildman–Crippen LogP) is 6.04. The maximum Gasteiger partial charge on any atom is 0.293 e. The van der Waals surface area contributed by atoms with E-state index in [0.717, 1.165) is 68.1 Å². The van der Waals surface area contributed by atoms with E-state index in [4.69, 9.17) is 9.72 Å². The van der Waals surface area contributed by atoms with Gasteiger partial charge in [0.2, 0.25) is 0 Å². The minimum absolute atomic E-state index is 0.0537. The molecule has 5 heterocycles. The van der Waals surface area contributed by atoms with Crippen molar-refractivity contribution in [2.75, 3.05) is 36.5 Å². The molecule has 0 atom stereocenters. The third-order valence-corrected chi connectivity index (χ3v) is 11.6. The molecule has 0 saturated carbocycles. The van der Waals surface area contributed by atoms with Crippen LogP contribution in [0.3, 0.4) is 0 Å². The number of carbonyl (C=O) groups excluding carboxylic acids is 1. The molecule has 244 valence electrons. The van der Waals surface area contributed by atoms with E-state index in [1.165, 1.54) is 43.8 Å². The standard InChI is InChI=1S/C37H40FN5O3S/c1-5-26-28(13-23(38)14-31(26)43-11-9-27-29-15-37(2,3)16-32(29)47-33(27)35(43)44)30-18-41(4)36(45)34(40-30)39-24-7-6-22-17-42(25-19-46-20-25)10-8-21(22)12-24/h6-7,12-14,18,25H,5,8-11,15-17,19-20H2,1-4H3,(H,39,40). The minimum atomic E-state index is -0.441. The highest BCUT2D eigenvalue weighted by atomic mass is 32.1. The van der Waals surface area contributed by atoms with Crippen LogP contribution in [0.15, 0.2) is 41.3 Å². The molecule has 1 amide bonds. The molecule has 4 aliphatic rings. The molecule has 0 radical (unpaired) electrons. The van der Waals surface area contributed by atoms with Gasteiger partial charge in [-0.2, -0.15) is 0 Å². The molecule has 8 rings (SSSR count). The smallest absolute Gasteiger partial charge is 0.293 e. The fraction of sp³-hybridized carbons (Fsp3) is 0.432. The summed E-state index contributed by atoms with van der Waals surface area (Å²) in [6.45, 7) is 10.6. The van der Waals surface area contributed by atoms with Gasteiger partial charge < -0.3 is 19.5 Å². The number of aromatic nitrogens is 2. The van der Waals surface area contributed by atoms with Gasteiger partial charge in [0.1, 0.15) is 5.82 Å². The van der Waals surface area contributed by atoms with E-state index in [1.807, 2.05) is 13.0 Å². The molecule has 10 heteroatoms. The maximum atomic E-state index is 15.5. The summed E-state index contributed by atoms with van der Waals surface area (Å²) >= 11 is 1.62. The van der Waals surface area contributed by atoms with Gasteiger partial charge in [-0.1, -0.05) is 26.8 Å². The number of thiophene rings is 1. The molecular weight excluding hydrogens is 614 g/mol. The Morgan fingerprint density at radius 1 is 1.06 bits per heavy atom. The number of nitrogens with zero attached hydrogens (tertiary/aromatic N) is 4. The first kappa shape index (κ1) is 30.5. The first-order chi connectivity index (χ1) is 22.6. The number of hydrogen-bond donors (Lipinski definition) is 1. The van der Waals surface area contributed by atoms with Gasteiger partial charge in [0.25, 0.3) is 11.5 Å². The molecule has 3 aliphatic heterocycles. The minimum Gasteiger partial charge on any atom is -0.378 e. The van der Waals surface area contributed by atoms with E-state index < -0.39 is 5.82 Å². The normalized spacial score (nSPS) is 18.9. The number of benzene rings is 2. The van der Waals surface area contributed by atoms with Gasteiger partial charge in [-0.15, -0.1) is 11.3 Å². The maximum absolute atomic E-state index is 15.5. The molecule has 1 N–H and O–H groups in total. The van der Waals surface area contributed by atoms with E-state index in [-0.39, 0.29) is 22.7 Å². The monoisotopic (exact) mass is 653 g/mol. The molecule has 1 saturated heterocycles. The summed E-state index contributed by atoms with van der Waals surface area (Å²) in [4.78, 5) is 38.4. The van der Waals surface area contributed by atoms with Gasteiger partial charge in [-0.05, 0) is 89.6 Å². The van der Waals surface area contributed by atoms with Crippen LogP contribution in [0.4, 0.5) is 21.6 Å². The lowest BCUT2D eigenvalue weighted by Gasteiger charge is -2.40. The van der Waals surface area contributed by atoms with E-state index in [2.05, 4.69) is 36.2 Å². The number of nitrogens with one attached hydrogen (secondary N) is 1. The zero-order chi connectivity index (χ0) is 32.6. The quantitative estimate of drug-likeness (QED) is 0.274. The lowest BCUT2D eigenvalue weighted by molar-refractivity contribution is -0.0694. The summed E-state index contributed by atoms with van der Waals surface area (Å²) in [6, 6.07) is 9.66. The van der Waals surface area contributed by atoms with E-state index >= 15 is 4.39 Å². The molecule has 1 fully saturated rings. The van der Waals surface area contributed by atoms with Gasteiger partial charge in [-0.3, -0.25) is 14.5 Å². The third-order valence-electron chi connectivity index (χ3n) is 10.3. The van der Waals surface area contributed by atoms with Crippen LogP contribution in [0.5, 0.6) is 0 Å². The summed E-state index contributed by atoms with van der Waals surface area (Å²) in [5.74, 6) is -0.317. The summed E-state index contributed by atoms with van der Waals surface area (Å²) in [5.41, 5.74) is 8.32. The first-order valence-corrected chi connectivity index (χ1v) is 17.5. The molecule has 1 aliphatic carbocycles. The van der Waals surface area contributed by atoms with Crippen LogP contribution in [0, 0.1) is 11.2 Å². The Hall–Kier alpha value is -3.86. The van der Waals surface area contributed by atoms with Crippen LogP contribution in [-0.4, -0.2) is 52.7 Å². The van der Waals surface area contributed by atoms with Crippen LogP contribution in [-0.2, 0) is 50.4 Å². The number of fused-ring (bicyclic) bond motifs is 4. The van der Waals surface area contributed by atoms with Gasteiger partial charge in [0, 0.05) is 49.0 Å². The van der Waals surface area contributed by atoms with Gasteiger partial charge >= 0.3 is 0 Å². The van der Waals surface area contributed by atoms with Crippen molar-refractivity contribution in [1.29, 1.82) is 0 Å². The van der Waals surface area contributed by atoms with Gasteiger partial charge in [0.05, 0.1) is 35.5 Å². The van der Waals surface area contributed by atoms with Gasteiger partial charge in [0.15, 0.2) is 5.82 Å². The Labute approximate surface area is 278 Å². The molecule has 0 unspecified atom stereocenters. The van der Waals surface area contributed by atoms with Crippen molar-refractivity contribution in [1.82, 2.24) is 14.5 Å². The van der Waals surface area contributed by atoms with Crippen LogP contribution < -0.4 is 15.8 Å². The topological polar surface area (TPSA) is 79.7 Å². The highest BCUT2D eigenvalue weighted by Gasteiger charge is 2.39. The van der Waals surface area contributed by atoms with Crippen LogP contribution in [0.2, 0.25) is 0 Å². The largest absolute Gasteiger partial charge is 0.378 e. The molecule has 2 aromatic carbocycles. The Bertz CT molecular complexity index is 1990. The van der Waals surface area contributed by atoms with Crippen LogP contribution in [0.25, 0.3) is 11.3 Å². The molecule has 4 aromatic rings. The summed E-state index contributed by atoms with van der Waals surface area (Å²) in [7, 11) is 1.68. The van der Waals surface area contributed by atoms with Crippen LogP contribution in [0.1, 0.15) is 63.1 Å². The first-order valence-electron chi connectivity index (χ1n) is 16.6. The lowest BCUT2D eigenvalue weighted by Crippen LogP contribution is -2.50. The third kappa shape index (κ3) is 5.30. The van der Waals surface area contributed by atoms with Crippen molar-refractivity contribution in [2.24, 2.45) is 12.5 Å². The molecule has 8 nitrogen and oxygen atoms in total. The van der Waals surface area contributed by atoms with Crippen molar-refractivity contribution in [3.63, 3.8) is 0 Å². The molecule has 0 spiro atoms. The molecule has 2 aromatic heterocycles. The summed E-state index contributed by atoms with van der Waals surface area (Å²) < 4.78 is 22.3. The predicted molar refractivity (Wildman–Crippen MR) is 184 cm³/mol.